The predicted octanol–water partition coefficient (Wildman–Crippen LogP) is 2.03. The molecule has 1 aromatic carbocycles. The van der Waals surface area contributed by atoms with Crippen LogP contribution in [0, 0.1) is 5.82 Å². The molecule has 102 valence electrons. The van der Waals surface area contributed by atoms with Gasteiger partial charge in [0.25, 0.3) is 0 Å². The first kappa shape index (κ1) is 13.5. The molecule has 1 unspecified atom stereocenters. The first-order valence-electron chi connectivity index (χ1n) is 5.97. The van der Waals surface area contributed by atoms with Gasteiger partial charge in [0.05, 0.1) is 7.11 Å². The monoisotopic (exact) mass is 265 g/mol. The van der Waals surface area contributed by atoms with Crippen LogP contribution in [0.3, 0.4) is 0 Å². The van der Waals surface area contributed by atoms with Gasteiger partial charge in [-0.3, -0.25) is 0 Å². The van der Waals surface area contributed by atoms with Crippen LogP contribution in [0.5, 0.6) is 5.75 Å². The van der Waals surface area contributed by atoms with Crippen molar-refractivity contribution in [3.8, 4) is 17.1 Å². The number of hydrogen-bond donors (Lipinski definition) is 1. The zero-order valence-corrected chi connectivity index (χ0v) is 11.1. The van der Waals surface area contributed by atoms with Gasteiger partial charge in [-0.1, -0.05) is 5.16 Å². The van der Waals surface area contributed by atoms with Crippen LogP contribution >= 0.6 is 0 Å². The van der Waals surface area contributed by atoms with Crippen LogP contribution in [-0.4, -0.2) is 30.3 Å². The maximum Gasteiger partial charge on any atom is 0.228 e. The number of ether oxygens (including phenoxy) is 1. The molecule has 2 aromatic rings. The third-order valence-electron chi connectivity index (χ3n) is 2.85. The summed E-state index contributed by atoms with van der Waals surface area (Å²) < 4.78 is 23.4. The van der Waals surface area contributed by atoms with Gasteiger partial charge >= 0.3 is 0 Å². The molecule has 0 bridgehead atoms. The maximum atomic E-state index is 13.3. The van der Waals surface area contributed by atoms with E-state index in [2.05, 4.69) is 15.5 Å². The molecular weight excluding hydrogens is 249 g/mol. The molecule has 0 aliphatic heterocycles. The number of benzene rings is 1. The van der Waals surface area contributed by atoms with Crippen LogP contribution in [0.15, 0.2) is 22.7 Å². The SMILES string of the molecule is CNC(C)Cc1nc(-c2ccc(F)c(OC)c2)no1. The summed E-state index contributed by atoms with van der Waals surface area (Å²) in [5, 5.41) is 6.98. The highest BCUT2D eigenvalue weighted by Crippen LogP contribution is 2.24. The van der Waals surface area contributed by atoms with Gasteiger partial charge in [0.1, 0.15) is 0 Å². The van der Waals surface area contributed by atoms with Crippen LogP contribution in [0.25, 0.3) is 11.4 Å². The van der Waals surface area contributed by atoms with Crippen molar-refractivity contribution in [3.05, 3.63) is 29.9 Å². The third-order valence-corrected chi connectivity index (χ3v) is 2.85. The molecule has 2 rings (SSSR count). The largest absolute Gasteiger partial charge is 0.494 e. The second kappa shape index (κ2) is 5.79. The first-order chi connectivity index (χ1) is 9.13. The van der Waals surface area contributed by atoms with Gasteiger partial charge in [-0.25, -0.2) is 4.39 Å². The molecule has 6 heteroatoms. The highest BCUT2D eigenvalue weighted by Gasteiger charge is 2.13. The molecular formula is C13H16FN3O2. The van der Waals surface area contributed by atoms with Crippen molar-refractivity contribution in [3.63, 3.8) is 0 Å². The lowest BCUT2D eigenvalue weighted by atomic mass is 10.2. The number of hydrogen-bond acceptors (Lipinski definition) is 5. The Labute approximate surface area is 110 Å². The van der Waals surface area contributed by atoms with Gasteiger partial charge in [-0.2, -0.15) is 4.98 Å². The topological polar surface area (TPSA) is 60.2 Å². The molecule has 19 heavy (non-hydrogen) atoms. The molecule has 1 aromatic heterocycles. The van der Waals surface area contributed by atoms with Gasteiger partial charge in [-0.15, -0.1) is 0 Å². The van der Waals surface area contributed by atoms with E-state index < -0.39 is 5.82 Å². The fourth-order valence-electron chi connectivity index (χ4n) is 1.62. The Morgan fingerprint density at radius 3 is 2.95 bits per heavy atom. The zero-order valence-electron chi connectivity index (χ0n) is 11.1. The van der Waals surface area contributed by atoms with Crippen molar-refractivity contribution < 1.29 is 13.7 Å². The number of nitrogens with one attached hydrogen (secondary N) is 1. The minimum Gasteiger partial charge on any atom is -0.494 e. The Hall–Kier alpha value is -1.95. The molecule has 0 saturated heterocycles. The Bertz CT molecular complexity index is 557. The minimum atomic E-state index is -0.418. The summed E-state index contributed by atoms with van der Waals surface area (Å²) in [5.41, 5.74) is 0.658. The average molecular weight is 265 g/mol. The van der Waals surface area contributed by atoms with Crippen LogP contribution in [0.4, 0.5) is 4.39 Å². The second-order valence-corrected chi connectivity index (χ2v) is 4.25. The van der Waals surface area contributed by atoms with E-state index in [-0.39, 0.29) is 11.8 Å². The maximum absolute atomic E-state index is 13.3. The molecule has 0 radical (unpaired) electrons. The van der Waals surface area contributed by atoms with Crippen molar-refractivity contribution in [2.24, 2.45) is 0 Å². The Morgan fingerprint density at radius 1 is 1.47 bits per heavy atom. The summed E-state index contributed by atoms with van der Waals surface area (Å²) in [6.45, 7) is 2.02. The first-order valence-corrected chi connectivity index (χ1v) is 5.97. The lowest BCUT2D eigenvalue weighted by molar-refractivity contribution is 0.365. The van der Waals surface area contributed by atoms with Crippen molar-refractivity contribution in [1.82, 2.24) is 15.5 Å². The Morgan fingerprint density at radius 2 is 2.26 bits per heavy atom. The van der Waals surface area contributed by atoms with Gasteiger partial charge < -0.3 is 14.6 Å². The number of halogens is 1. The lowest BCUT2D eigenvalue weighted by Crippen LogP contribution is -2.23. The van der Waals surface area contributed by atoms with E-state index in [9.17, 15) is 4.39 Å². The highest BCUT2D eigenvalue weighted by atomic mass is 19.1. The molecule has 1 atom stereocenters. The zero-order chi connectivity index (χ0) is 13.8. The molecule has 0 fully saturated rings. The summed E-state index contributed by atoms with van der Waals surface area (Å²) in [7, 11) is 3.28. The quantitative estimate of drug-likeness (QED) is 0.896. The molecule has 5 nitrogen and oxygen atoms in total. The highest BCUT2D eigenvalue weighted by molar-refractivity contribution is 5.57. The van der Waals surface area contributed by atoms with Crippen molar-refractivity contribution in [1.29, 1.82) is 0 Å². The summed E-state index contributed by atoms with van der Waals surface area (Å²) in [5.74, 6) is 0.711. The van der Waals surface area contributed by atoms with Gasteiger partial charge in [0.15, 0.2) is 11.6 Å². The number of likely N-dealkylation sites (N-methyl/N-ethyl adjacent to an activating group) is 1. The molecule has 1 heterocycles. The lowest BCUT2D eigenvalue weighted by Gasteiger charge is -2.04. The predicted molar refractivity (Wildman–Crippen MR) is 68.5 cm³/mol. The normalized spacial score (nSPS) is 12.4. The number of rotatable bonds is 5. The summed E-state index contributed by atoms with van der Waals surface area (Å²) >= 11 is 0. The summed E-state index contributed by atoms with van der Waals surface area (Å²) in [4.78, 5) is 4.28. The van der Waals surface area contributed by atoms with Crippen molar-refractivity contribution in [2.45, 2.75) is 19.4 Å². The number of methoxy groups -OCH3 is 1. The number of nitrogens with zero attached hydrogens (tertiary/aromatic N) is 2. The fraction of sp³-hybridized carbons (Fsp3) is 0.385. The second-order valence-electron chi connectivity index (χ2n) is 4.25. The molecule has 1 N–H and O–H groups in total. The van der Waals surface area contributed by atoms with Crippen molar-refractivity contribution in [2.75, 3.05) is 14.2 Å². The van der Waals surface area contributed by atoms with Crippen LogP contribution in [0.2, 0.25) is 0 Å². The van der Waals surface area contributed by atoms with E-state index in [1.54, 1.807) is 12.1 Å². The van der Waals surface area contributed by atoms with Crippen LogP contribution in [-0.2, 0) is 6.42 Å². The fourth-order valence-corrected chi connectivity index (χ4v) is 1.62. The van der Waals surface area contributed by atoms with Gasteiger partial charge in [-0.05, 0) is 32.2 Å². The minimum absolute atomic E-state index is 0.160. The Balaban J connectivity index is 2.22. The summed E-state index contributed by atoms with van der Waals surface area (Å²) in [6.07, 6.45) is 0.641. The van der Waals surface area contributed by atoms with Crippen molar-refractivity contribution >= 4 is 0 Å². The molecule has 0 aliphatic carbocycles. The third kappa shape index (κ3) is 3.08. The van der Waals surface area contributed by atoms with Gasteiger partial charge in [0.2, 0.25) is 11.7 Å². The van der Waals surface area contributed by atoms with Gasteiger partial charge in [0, 0.05) is 18.0 Å². The number of aromatic nitrogens is 2. The van der Waals surface area contributed by atoms with Crippen LogP contribution in [0.1, 0.15) is 12.8 Å². The van der Waals surface area contributed by atoms with E-state index in [0.29, 0.717) is 23.7 Å². The van der Waals surface area contributed by atoms with E-state index in [1.165, 1.54) is 13.2 Å². The van der Waals surface area contributed by atoms with E-state index >= 15 is 0 Å². The summed E-state index contributed by atoms with van der Waals surface area (Å²) in [6, 6.07) is 4.70. The molecule has 0 spiro atoms. The molecule has 0 saturated carbocycles. The molecule has 0 aliphatic rings. The van der Waals surface area contributed by atoms with E-state index in [4.69, 9.17) is 9.26 Å². The smallest absolute Gasteiger partial charge is 0.228 e. The molecule has 0 amide bonds. The van der Waals surface area contributed by atoms with Crippen LogP contribution < -0.4 is 10.1 Å². The standard InChI is InChI=1S/C13H16FN3O2/c1-8(15-2)6-12-16-13(17-19-12)9-4-5-10(14)11(7-9)18-3/h4-5,7-8,15H,6H2,1-3H3. The Kier molecular flexibility index (Phi) is 4.11. The van der Waals surface area contributed by atoms with E-state index in [0.717, 1.165) is 0 Å². The van der Waals surface area contributed by atoms with E-state index in [1.807, 2.05) is 14.0 Å². The average Bonchev–Trinajstić information content (AvgIpc) is 2.87.